The Labute approximate surface area is 113 Å². The van der Waals surface area contributed by atoms with Crippen LogP contribution in [-0.4, -0.2) is 20.1 Å². The van der Waals surface area contributed by atoms with Gasteiger partial charge in [-0.1, -0.05) is 5.16 Å². The van der Waals surface area contributed by atoms with Crippen molar-refractivity contribution in [2.45, 2.75) is 19.4 Å². The largest absolute Gasteiger partial charge is 0.348 e. The number of imidazole rings is 1. The van der Waals surface area contributed by atoms with Crippen molar-refractivity contribution in [2.75, 3.05) is 0 Å². The van der Waals surface area contributed by atoms with E-state index in [0.717, 1.165) is 16.8 Å². The van der Waals surface area contributed by atoms with Gasteiger partial charge in [-0.2, -0.15) is 16.3 Å². The molecule has 0 bridgehead atoms. The molecular formula is C12H13N5OS. The molecule has 0 aliphatic carbocycles. The molecule has 19 heavy (non-hydrogen) atoms. The monoisotopic (exact) mass is 275 g/mol. The van der Waals surface area contributed by atoms with Crippen LogP contribution in [0.4, 0.5) is 0 Å². The maximum absolute atomic E-state index is 6.05. The van der Waals surface area contributed by atoms with Gasteiger partial charge in [0.05, 0.1) is 12.4 Å². The van der Waals surface area contributed by atoms with Crippen LogP contribution in [-0.2, 0) is 6.42 Å². The van der Waals surface area contributed by atoms with Crippen molar-refractivity contribution in [3.05, 3.63) is 40.4 Å². The highest BCUT2D eigenvalue weighted by Crippen LogP contribution is 2.25. The third-order valence-corrected chi connectivity index (χ3v) is 3.71. The smallest absolute Gasteiger partial charge is 0.244 e. The quantitative estimate of drug-likeness (QED) is 0.760. The Hall–Kier alpha value is -1.99. The van der Waals surface area contributed by atoms with Crippen LogP contribution in [0.15, 0.2) is 27.8 Å². The number of hydrogen-bond donors (Lipinski definition) is 2. The molecule has 7 heteroatoms. The fourth-order valence-electron chi connectivity index (χ4n) is 1.81. The lowest BCUT2D eigenvalue weighted by molar-refractivity contribution is 0.354. The minimum atomic E-state index is -0.333. The van der Waals surface area contributed by atoms with Gasteiger partial charge in [0.15, 0.2) is 0 Å². The molecule has 0 spiro atoms. The van der Waals surface area contributed by atoms with Crippen LogP contribution >= 0.6 is 11.3 Å². The van der Waals surface area contributed by atoms with Gasteiger partial charge in [-0.15, -0.1) is 0 Å². The van der Waals surface area contributed by atoms with E-state index >= 15 is 0 Å². The van der Waals surface area contributed by atoms with E-state index in [-0.39, 0.29) is 6.04 Å². The lowest BCUT2D eigenvalue weighted by Crippen LogP contribution is -2.13. The molecule has 3 aromatic heterocycles. The number of nitrogens with zero attached hydrogens (tertiary/aromatic N) is 3. The van der Waals surface area contributed by atoms with Crippen molar-refractivity contribution >= 4 is 11.3 Å². The number of thiophene rings is 1. The van der Waals surface area contributed by atoms with E-state index in [0.29, 0.717) is 18.1 Å². The third kappa shape index (κ3) is 2.42. The number of H-pyrrole nitrogens is 1. The molecule has 3 N–H and O–H groups in total. The van der Waals surface area contributed by atoms with E-state index in [1.807, 2.05) is 12.3 Å². The van der Waals surface area contributed by atoms with Gasteiger partial charge < -0.3 is 15.2 Å². The maximum atomic E-state index is 6.05. The molecule has 0 saturated carbocycles. The lowest BCUT2D eigenvalue weighted by atomic mass is 10.2. The maximum Gasteiger partial charge on any atom is 0.244 e. The average molecular weight is 275 g/mol. The number of aromatic amines is 1. The standard InChI is InChI=1S/C12H13N5OS/c1-7-4-19-5-9(7)11-16-12(18-17-11)10(13)2-8-3-14-6-15-8/h3-6,10H,2,13H2,1H3,(H,14,15)/t10-/m0/s1. The van der Waals surface area contributed by atoms with Gasteiger partial charge in [-0.05, 0) is 17.9 Å². The van der Waals surface area contributed by atoms with Gasteiger partial charge in [0, 0.05) is 29.3 Å². The van der Waals surface area contributed by atoms with Crippen molar-refractivity contribution < 1.29 is 4.52 Å². The molecule has 1 atom stereocenters. The van der Waals surface area contributed by atoms with Crippen LogP contribution in [0.1, 0.15) is 23.2 Å². The highest BCUT2D eigenvalue weighted by molar-refractivity contribution is 7.08. The summed E-state index contributed by atoms with van der Waals surface area (Å²) in [7, 11) is 0. The van der Waals surface area contributed by atoms with Gasteiger partial charge in [-0.25, -0.2) is 4.98 Å². The summed E-state index contributed by atoms with van der Waals surface area (Å²) < 4.78 is 5.24. The molecule has 0 fully saturated rings. The Bertz CT molecular complexity index is 657. The molecule has 0 aromatic carbocycles. The van der Waals surface area contributed by atoms with Crippen molar-refractivity contribution in [2.24, 2.45) is 5.73 Å². The first-order valence-corrected chi connectivity index (χ1v) is 6.78. The molecule has 0 aliphatic rings. The molecule has 0 aliphatic heterocycles. The minimum absolute atomic E-state index is 0.333. The molecule has 3 aromatic rings. The fourth-order valence-corrected chi connectivity index (χ4v) is 2.63. The highest BCUT2D eigenvalue weighted by Gasteiger charge is 2.17. The molecule has 0 unspecified atom stereocenters. The third-order valence-electron chi connectivity index (χ3n) is 2.85. The molecule has 0 saturated heterocycles. The first-order valence-electron chi connectivity index (χ1n) is 5.83. The molecule has 6 nitrogen and oxygen atoms in total. The number of rotatable bonds is 4. The molecule has 3 heterocycles. The van der Waals surface area contributed by atoms with Crippen LogP contribution in [0.25, 0.3) is 11.4 Å². The highest BCUT2D eigenvalue weighted by atomic mass is 32.1. The second kappa shape index (κ2) is 4.94. The van der Waals surface area contributed by atoms with Gasteiger partial charge in [0.25, 0.3) is 0 Å². The zero-order valence-electron chi connectivity index (χ0n) is 10.3. The molecule has 98 valence electrons. The topological polar surface area (TPSA) is 93.6 Å². The number of aromatic nitrogens is 4. The number of nitrogens with two attached hydrogens (primary N) is 1. The van der Waals surface area contributed by atoms with Gasteiger partial charge >= 0.3 is 0 Å². The predicted molar refractivity (Wildman–Crippen MR) is 71.6 cm³/mol. The van der Waals surface area contributed by atoms with Gasteiger partial charge in [0.1, 0.15) is 0 Å². The Morgan fingerprint density at radius 2 is 2.37 bits per heavy atom. The molecule has 3 rings (SSSR count). The second-order valence-electron chi connectivity index (χ2n) is 4.31. The molecule has 0 amide bonds. The normalized spacial score (nSPS) is 12.7. The summed E-state index contributed by atoms with van der Waals surface area (Å²) in [6, 6.07) is -0.333. The summed E-state index contributed by atoms with van der Waals surface area (Å²) in [5.41, 5.74) is 9.13. The Morgan fingerprint density at radius 1 is 1.47 bits per heavy atom. The number of hydrogen-bond acceptors (Lipinski definition) is 6. The Kier molecular flexibility index (Phi) is 3.14. The van der Waals surface area contributed by atoms with E-state index in [2.05, 4.69) is 25.5 Å². The first-order chi connectivity index (χ1) is 9.24. The van der Waals surface area contributed by atoms with E-state index < -0.39 is 0 Å². The van der Waals surface area contributed by atoms with Crippen LogP contribution in [0.2, 0.25) is 0 Å². The average Bonchev–Trinajstić information content (AvgIpc) is 3.08. The van der Waals surface area contributed by atoms with Crippen molar-refractivity contribution in [1.29, 1.82) is 0 Å². The summed E-state index contributed by atoms with van der Waals surface area (Å²) in [4.78, 5) is 11.3. The fraction of sp³-hybridized carbons (Fsp3) is 0.250. The zero-order chi connectivity index (χ0) is 13.2. The number of aryl methyl sites for hydroxylation is 1. The van der Waals surface area contributed by atoms with E-state index in [1.165, 1.54) is 0 Å². The van der Waals surface area contributed by atoms with E-state index in [4.69, 9.17) is 10.3 Å². The van der Waals surface area contributed by atoms with Crippen molar-refractivity contribution in [3.8, 4) is 11.4 Å². The van der Waals surface area contributed by atoms with Gasteiger partial charge in [-0.3, -0.25) is 0 Å². The summed E-state index contributed by atoms with van der Waals surface area (Å²) in [6.45, 7) is 2.02. The van der Waals surface area contributed by atoms with Crippen LogP contribution in [0.3, 0.4) is 0 Å². The van der Waals surface area contributed by atoms with Gasteiger partial charge in [0.2, 0.25) is 11.7 Å². The number of nitrogens with one attached hydrogen (secondary N) is 1. The molecule has 0 radical (unpaired) electrons. The van der Waals surface area contributed by atoms with Crippen molar-refractivity contribution in [1.82, 2.24) is 20.1 Å². The van der Waals surface area contributed by atoms with E-state index in [9.17, 15) is 0 Å². The van der Waals surface area contributed by atoms with Crippen LogP contribution < -0.4 is 5.73 Å². The van der Waals surface area contributed by atoms with Crippen molar-refractivity contribution in [3.63, 3.8) is 0 Å². The van der Waals surface area contributed by atoms with Crippen LogP contribution in [0, 0.1) is 6.92 Å². The first kappa shape index (κ1) is 12.1. The van der Waals surface area contributed by atoms with E-state index in [1.54, 1.807) is 23.9 Å². The summed E-state index contributed by atoms with van der Waals surface area (Å²) in [5, 5.41) is 8.04. The summed E-state index contributed by atoms with van der Waals surface area (Å²) >= 11 is 1.62. The second-order valence-corrected chi connectivity index (χ2v) is 5.06. The zero-order valence-corrected chi connectivity index (χ0v) is 11.1. The lowest BCUT2D eigenvalue weighted by Gasteiger charge is -2.03. The summed E-state index contributed by atoms with van der Waals surface area (Å²) in [5.74, 6) is 1.03. The Balaban J connectivity index is 1.79. The van der Waals surface area contributed by atoms with Crippen LogP contribution in [0.5, 0.6) is 0 Å². The predicted octanol–water partition coefficient (Wildman–Crippen LogP) is 2.07. The minimum Gasteiger partial charge on any atom is -0.348 e. The SMILES string of the molecule is Cc1cscc1-c1noc([C@@H](N)Cc2cnc[nH]2)n1. The molecular weight excluding hydrogens is 262 g/mol. The Morgan fingerprint density at radius 3 is 3.05 bits per heavy atom. The summed E-state index contributed by atoms with van der Waals surface area (Å²) in [6.07, 6.45) is 3.94.